The van der Waals surface area contributed by atoms with Gasteiger partial charge in [-0.1, -0.05) is 49.7 Å². The van der Waals surface area contributed by atoms with Gasteiger partial charge in [-0.2, -0.15) is 11.8 Å². The Hall–Kier alpha value is -3.06. The molecule has 0 fully saturated rings. The maximum absolute atomic E-state index is 13.3. The number of aromatic amines is 1. The van der Waals surface area contributed by atoms with E-state index in [0.717, 1.165) is 59.4 Å². The fourth-order valence-corrected chi connectivity index (χ4v) is 4.89. The van der Waals surface area contributed by atoms with Crippen LogP contribution in [0.1, 0.15) is 53.4 Å². The number of H-pyrrole nitrogens is 1. The number of hydrogen-bond donors (Lipinski definition) is 3. The largest absolute Gasteiger partial charge is 0.480 e. The number of aromatic nitrogens is 2. The standard InChI is InChI=1S/C27H33N3O3S/c1-3-4-14-34-15-13-25(27(32)33)30-26(31)23-12-10-20(9-11-21-17-28-18-29-21)16-24(23)22-8-6-5-7-19(22)2/h5-8,10,12,16-18,25H,3-4,9,11,13-15H2,1-2H3,(H,28,29)(H,30,31)(H,32,33)/t25-/m0/s1. The number of carboxylic acid groups (broad SMARTS) is 1. The van der Waals surface area contributed by atoms with Crippen LogP contribution in [-0.2, 0) is 17.6 Å². The first-order chi connectivity index (χ1) is 16.5. The number of aliphatic carboxylic acids is 1. The van der Waals surface area contributed by atoms with Gasteiger partial charge >= 0.3 is 5.97 Å². The van der Waals surface area contributed by atoms with Crippen molar-refractivity contribution in [2.45, 2.75) is 52.0 Å². The van der Waals surface area contributed by atoms with Crippen LogP contribution in [0.3, 0.4) is 0 Å². The minimum atomic E-state index is -1.00. The number of nitrogens with one attached hydrogen (secondary N) is 2. The fraction of sp³-hybridized carbons (Fsp3) is 0.370. The van der Waals surface area contributed by atoms with Crippen LogP contribution in [0.2, 0.25) is 0 Å². The zero-order valence-electron chi connectivity index (χ0n) is 19.8. The Morgan fingerprint density at radius 3 is 2.65 bits per heavy atom. The van der Waals surface area contributed by atoms with Crippen LogP contribution in [-0.4, -0.2) is 44.5 Å². The van der Waals surface area contributed by atoms with Crippen LogP contribution >= 0.6 is 11.8 Å². The lowest BCUT2D eigenvalue weighted by Gasteiger charge is -2.18. The molecule has 1 aromatic heterocycles. The molecular weight excluding hydrogens is 446 g/mol. The number of hydrogen-bond acceptors (Lipinski definition) is 4. The number of carbonyl (C=O) groups excluding carboxylic acids is 1. The number of aryl methyl sites for hydroxylation is 3. The normalized spacial score (nSPS) is 11.8. The maximum Gasteiger partial charge on any atom is 0.326 e. The number of nitrogens with zero attached hydrogens (tertiary/aromatic N) is 1. The summed E-state index contributed by atoms with van der Waals surface area (Å²) in [6.45, 7) is 4.15. The summed E-state index contributed by atoms with van der Waals surface area (Å²) in [5.74, 6) is 0.352. The monoisotopic (exact) mass is 479 g/mol. The van der Waals surface area contributed by atoms with Crippen molar-refractivity contribution in [3.8, 4) is 11.1 Å². The lowest BCUT2D eigenvalue weighted by Crippen LogP contribution is -2.41. The average Bonchev–Trinajstić information content (AvgIpc) is 3.35. The first-order valence-corrected chi connectivity index (χ1v) is 12.9. The van der Waals surface area contributed by atoms with Crippen molar-refractivity contribution < 1.29 is 14.7 Å². The molecule has 1 atom stereocenters. The van der Waals surface area contributed by atoms with Gasteiger partial charge in [-0.15, -0.1) is 0 Å². The summed E-state index contributed by atoms with van der Waals surface area (Å²) in [5, 5.41) is 12.4. The van der Waals surface area contributed by atoms with Crippen molar-refractivity contribution >= 4 is 23.6 Å². The van der Waals surface area contributed by atoms with Crippen LogP contribution in [0.4, 0.5) is 0 Å². The molecule has 0 aliphatic carbocycles. The maximum atomic E-state index is 13.3. The van der Waals surface area contributed by atoms with Crippen molar-refractivity contribution in [1.82, 2.24) is 15.3 Å². The molecule has 0 saturated carbocycles. The highest BCUT2D eigenvalue weighted by atomic mass is 32.2. The average molecular weight is 480 g/mol. The molecule has 0 aliphatic heterocycles. The minimum absolute atomic E-state index is 0.357. The Balaban J connectivity index is 1.81. The van der Waals surface area contributed by atoms with E-state index in [4.69, 9.17) is 0 Å². The van der Waals surface area contributed by atoms with Crippen LogP contribution in [0.15, 0.2) is 55.0 Å². The van der Waals surface area contributed by atoms with Gasteiger partial charge in [-0.25, -0.2) is 9.78 Å². The van der Waals surface area contributed by atoms with E-state index in [9.17, 15) is 14.7 Å². The predicted molar refractivity (Wildman–Crippen MR) is 138 cm³/mol. The Morgan fingerprint density at radius 2 is 1.94 bits per heavy atom. The van der Waals surface area contributed by atoms with E-state index in [1.807, 2.05) is 55.6 Å². The summed E-state index contributed by atoms with van der Waals surface area (Å²) < 4.78 is 0. The van der Waals surface area contributed by atoms with E-state index in [-0.39, 0.29) is 5.91 Å². The number of benzene rings is 2. The Kier molecular flexibility index (Phi) is 9.76. The van der Waals surface area contributed by atoms with Crippen LogP contribution < -0.4 is 5.32 Å². The Labute approximate surface area is 205 Å². The highest BCUT2D eigenvalue weighted by molar-refractivity contribution is 7.99. The van der Waals surface area contributed by atoms with Crippen molar-refractivity contribution in [2.75, 3.05) is 11.5 Å². The molecule has 7 heteroatoms. The zero-order valence-corrected chi connectivity index (χ0v) is 20.7. The van der Waals surface area contributed by atoms with Crippen molar-refractivity contribution in [3.63, 3.8) is 0 Å². The van der Waals surface area contributed by atoms with Gasteiger partial charge in [0.25, 0.3) is 5.91 Å². The lowest BCUT2D eigenvalue weighted by molar-refractivity contribution is -0.139. The van der Waals surface area contributed by atoms with Gasteiger partial charge in [0.1, 0.15) is 6.04 Å². The molecule has 0 radical (unpaired) electrons. The lowest BCUT2D eigenvalue weighted by atomic mass is 9.92. The molecule has 0 aliphatic rings. The Morgan fingerprint density at radius 1 is 1.12 bits per heavy atom. The molecule has 1 amide bonds. The summed E-state index contributed by atoms with van der Waals surface area (Å²) in [6, 6.07) is 12.8. The number of carboxylic acids is 1. The topological polar surface area (TPSA) is 95.1 Å². The molecule has 1 heterocycles. The van der Waals surface area contributed by atoms with Crippen molar-refractivity contribution in [2.24, 2.45) is 0 Å². The van der Waals surface area contributed by atoms with E-state index < -0.39 is 12.0 Å². The summed E-state index contributed by atoms with van der Waals surface area (Å²) in [5.41, 5.74) is 5.50. The zero-order chi connectivity index (χ0) is 24.3. The molecule has 0 spiro atoms. The molecule has 6 nitrogen and oxygen atoms in total. The molecular formula is C27H33N3O3S. The predicted octanol–water partition coefficient (Wildman–Crippen LogP) is 5.28. The molecule has 0 bridgehead atoms. The second-order valence-electron chi connectivity index (χ2n) is 8.39. The van der Waals surface area contributed by atoms with Crippen molar-refractivity contribution in [3.05, 3.63) is 77.4 Å². The first kappa shape index (κ1) is 25.6. The van der Waals surface area contributed by atoms with E-state index >= 15 is 0 Å². The van der Waals surface area contributed by atoms with Gasteiger partial charge in [0, 0.05) is 17.5 Å². The molecule has 180 valence electrons. The fourth-order valence-electron chi connectivity index (χ4n) is 3.79. The van der Waals surface area contributed by atoms with Gasteiger partial charge in [0.05, 0.1) is 6.33 Å². The molecule has 3 aromatic rings. The molecule has 0 saturated heterocycles. The smallest absolute Gasteiger partial charge is 0.326 e. The minimum Gasteiger partial charge on any atom is -0.480 e. The Bertz CT molecular complexity index is 1080. The molecule has 3 N–H and O–H groups in total. The molecule has 3 rings (SSSR count). The highest BCUT2D eigenvalue weighted by Gasteiger charge is 2.23. The first-order valence-electron chi connectivity index (χ1n) is 11.8. The quantitative estimate of drug-likeness (QED) is 0.290. The third-order valence-electron chi connectivity index (χ3n) is 5.80. The number of unbranched alkanes of at least 4 members (excludes halogenated alkanes) is 1. The molecule has 2 aromatic carbocycles. The van der Waals surface area contributed by atoms with Gasteiger partial charge in [-0.3, -0.25) is 4.79 Å². The van der Waals surface area contributed by atoms with Crippen LogP contribution in [0.5, 0.6) is 0 Å². The van der Waals surface area contributed by atoms with Gasteiger partial charge in [-0.05, 0) is 72.4 Å². The van der Waals surface area contributed by atoms with Crippen molar-refractivity contribution in [1.29, 1.82) is 0 Å². The second-order valence-corrected chi connectivity index (χ2v) is 9.62. The summed E-state index contributed by atoms with van der Waals surface area (Å²) in [4.78, 5) is 32.3. The van der Waals surface area contributed by atoms with Gasteiger partial charge in [0.15, 0.2) is 0 Å². The van der Waals surface area contributed by atoms with E-state index in [0.29, 0.717) is 17.7 Å². The van der Waals surface area contributed by atoms with E-state index in [1.165, 1.54) is 0 Å². The van der Waals surface area contributed by atoms with E-state index in [1.54, 1.807) is 18.1 Å². The number of imidazole rings is 1. The third-order valence-corrected chi connectivity index (χ3v) is 6.90. The SMILES string of the molecule is CCCCSCC[C@H](NC(=O)c1ccc(CCc2cnc[nH]2)cc1-c1ccccc1C)C(=O)O. The summed E-state index contributed by atoms with van der Waals surface area (Å²) >= 11 is 1.73. The summed E-state index contributed by atoms with van der Waals surface area (Å²) in [6.07, 6.45) is 7.73. The van der Waals surface area contributed by atoms with Gasteiger partial charge < -0.3 is 15.4 Å². The highest BCUT2D eigenvalue weighted by Crippen LogP contribution is 2.29. The number of carbonyl (C=O) groups is 2. The van der Waals surface area contributed by atoms with Crippen LogP contribution in [0, 0.1) is 6.92 Å². The van der Waals surface area contributed by atoms with Crippen LogP contribution in [0.25, 0.3) is 11.1 Å². The molecule has 0 unspecified atom stereocenters. The number of thioether (sulfide) groups is 1. The number of amides is 1. The van der Waals surface area contributed by atoms with Gasteiger partial charge in [0.2, 0.25) is 0 Å². The molecule has 34 heavy (non-hydrogen) atoms. The summed E-state index contributed by atoms with van der Waals surface area (Å²) in [7, 11) is 0. The third kappa shape index (κ3) is 7.22. The second kappa shape index (κ2) is 13.0. The van der Waals surface area contributed by atoms with E-state index in [2.05, 4.69) is 22.2 Å². The number of rotatable bonds is 13.